The van der Waals surface area contributed by atoms with E-state index in [9.17, 15) is 13.2 Å². The van der Waals surface area contributed by atoms with E-state index in [1.54, 1.807) is 6.07 Å². The monoisotopic (exact) mass is 362 g/mol. The molecule has 0 aliphatic carbocycles. The van der Waals surface area contributed by atoms with Crippen LogP contribution in [0.5, 0.6) is 11.5 Å². The van der Waals surface area contributed by atoms with Gasteiger partial charge in [0, 0.05) is 5.69 Å². The third kappa shape index (κ3) is 4.82. The fourth-order valence-electron chi connectivity index (χ4n) is 1.53. The zero-order valence-electron chi connectivity index (χ0n) is 10.5. The first-order valence-electron chi connectivity index (χ1n) is 5.76. The summed E-state index contributed by atoms with van der Waals surface area (Å²) in [7, 11) is 0. The summed E-state index contributed by atoms with van der Waals surface area (Å²) in [5.41, 5.74) is 1.28. The third-order valence-electron chi connectivity index (χ3n) is 2.44. The number of nitrogens with zero attached hydrogens (tertiary/aromatic N) is 1. The lowest BCUT2D eigenvalue weighted by molar-refractivity contribution is -0.274. The predicted octanol–water partition coefficient (Wildman–Crippen LogP) is 4.06. The van der Waals surface area contributed by atoms with Gasteiger partial charge in [0.2, 0.25) is 0 Å². The molecular weight excluding hydrogens is 353 g/mol. The van der Waals surface area contributed by atoms with Gasteiger partial charge in [-0.25, -0.2) is 0 Å². The van der Waals surface area contributed by atoms with Crippen LogP contribution >= 0.6 is 15.9 Å². The summed E-state index contributed by atoms with van der Waals surface area (Å²) in [5.74, 6) is -0.244. The standard InChI is InChI=1S/C13H10BrF3N2O2/c14-11-5-8(2-4-12(11)21-13(15,16)17)18-6-9-1-3-10(20)7-19-9/h1-5,7,18,20H,6H2. The summed E-state index contributed by atoms with van der Waals surface area (Å²) in [6.07, 6.45) is -3.42. The van der Waals surface area contributed by atoms with Gasteiger partial charge in [-0.05, 0) is 46.3 Å². The number of hydrogen-bond acceptors (Lipinski definition) is 4. The maximum absolute atomic E-state index is 12.1. The summed E-state index contributed by atoms with van der Waals surface area (Å²) in [6, 6.07) is 7.29. The number of hydrogen-bond donors (Lipinski definition) is 2. The highest BCUT2D eigenvalue weighted by atomic mass is 79.9. The van der Waals surface area contributed by atoms with Crippen molar-refractivity contribution >= 4 is 21.6 Å². The summed E-state index contributed by atoms with van der Waals surface area (Å²) >= 11 is 3.02. The quantitative estimate of drug-likeness (QED) is 0.860. The summed E-state index contributed by atoms with van der Waals surface area (Å²) in [5, 5.41) is 12.1. The van der Waals surface area contributed by atoms with Gasteiger partial charge in [-0.1, -0.05) is 0 Å². The first-order chi connectivity index (χ1) is 9.83. The number of anilines is 1. The van der Waals surface area contributed by atoms with Crippen LogP contribution < -0.4 is 10.1 Å². The SMILES string of the molecule is Oc1ccc(CNc2ccc(OC(F)(F)F)c(Br)c2)nc1. The number of alkyl halides is 3. The second-order valence-electron chi connectivity index (χ2n) is 4.05. The number of halogens is 4. The largest absolute Gasteiger partial charge is 0.573 e. The van der Waals surface area contributed by atoms with Crippen molar-refractivity contribution in [1.29, 1.82) is 0 Å². The van der Waals surface area contributed by atoms with Gasteiger partial charge in [0.15, 0.2) is 0 Å². The van der Waals surface area contributed by atoms with Crippen LogP contribution in [0.3, 0.4) is 0 Å². The molecule has 0 bridgehead atoms. The Kier molecular flexibility index (Phi) is 4.56. The first kappa shape index (κ1) is 15.4. The number of ether oxygens (including phenoxy) is 1. The third-order valence-corrected chi connectivity index (χ3v) is 3.06. The number of pyridine rings is 1. The average molecular weight is 363 g/mol. The molecule has 2 N–H and O–H groups in total. The first-order valence-corrected chi connectivity index (χ1v) is 6.56. The van der Waals surface area contributed by atoms with Gasteiger partial charge < -0.3 is 15.2 Å². The highest BCUT2D eigenvalue weighted by Crippen LogP contribution is 2.32. The van der Waals surface area contributed by atoms with Gasteiger partial charge in [0.25, 0.3) is 0 Å². The molecule has 0 aliphatic heterocycles. The van der Waals surface area contributed by atoms with Gasteiger partial charge >= 0.3 is 6.36 Å². The minimum atomic E-state index is -4.73. The Bertz CT molecular complexity index is 618. The molecule has 8 heteroatoms. The Hall–Kier alpha value is -1.96. The molecule has 0 unspecified atom stereocenters. The zero-order valence-corrected chi connectivity index (χ0v) is 12.1. The van der Waals surface area contributed by atoms with E-state index >= 15 is 0 Å². The second-order valence-corrected chi connectivity index (χ2v) is 4.91. The fourth-order valence-corrected chi connectivity index (χ4v) is 1.99. The molecule has 1 aromatic heterocycles. The number of benzene rings is 1. The van der Waals surface area contributed by atoms with Crippen LogP contribution in [0.25, 0.3) is 0 Å². The maximum atomic E-state index is 12.1. The number of nitrogens with one attached hydrogen (secondary N) is 1. The molecule has 0 fully saturated rings. The van der Waals surface area contributed by atoms with Crippen molar-refractivity contribution in [3.63, 3.8) is 0 Å². The maximum Gasteiger partial charge on any atom is 0.573 e. The van der Waals surface area contributed by atoms with Crippen molar-refractivity contribution < 1.29 is 23.0 Å². The average Bonchev–Trinajstić information content (AvgIpc) is 2.40. The summed E-state index contributed by atoms with van der Waals surface area (Å²) in [6.45, 7) is 0.367. The van der Waals surface area contributed by atoms with Gasteiger partial charge in [-0.3, -0.25) is 4.98 Å². The van der Waals surface area contributed by atoms with Gasteiger partial charge in [0.1, 0.15) is 11.5 Å². The number of rotatable bonds is 4. The Labute approximate surface area is 126 Å². The molecule has 0 saturated carbocycles. The van der Waals surface area contributed by atoms with Crippen LogP contribution in [0.4, 0.5) is 18.9 Å². The molecule has 0 spiro atoms. The normalized spacial score (nSPS) is 11.2. The van der Waals surface area contributed by atoms with E-state index in [0.29, 0.717) is 17.9 Å². The van der Waals surface area contributed by atoms with E-state index < -0.39 is 6.36 Å². The van der Waals surface area contributed by atoms with Gasteiger partial charge in [-0.2, -0.15) is 0 Å². The molecule has 0 amide bonds. The predicted molar refractivity (Wildman–Crippen MR) is 74.1 cm³/mol. The molecule has 0 atom stereocenters. The highest BCUT2D eigenvalue weighted by Gasteiger charge is 2.31. The summed E-state index contributed by atoms with van der Waals surface area (Å²) < 4.78 is 40.4. The van der Waals surface area contributed by atoms with E-state index in [1.165, 1.54) is 30.5 Å². The van der Waals surface area contributed by atoms with Crippen LogP contribution in [0, 0.1) is 0 Å². The molecule has 0 radical (unpaired) electrons. The lowest BCUT2D eigenvalue weighted by atomic mass is 10.3. The Morgan fingerprint density at radius 2 is 2.00 bits per heavy atom. The minimum absolute atomic E-state index is 0.0650. The Morgan fingerprint density at radius 3 is 2.57 bits per heavy atom. The van der Waals surface area contributed by atoms with Crippen molar-refractivity contribution in [1.82, 2.24) is 4.98 Å². The Morgan fingerprint density at radius 1 is 1.24 bits per heavy atom. The molecule has 112 valence electrons. The topological polar surface area (TPSA) is 54.4 Å². The number of aromatic hydroxyl groups is 1. The highest BCUT2D eigenvalue weighted by molar-refractivity contribution is 9.10. The number of aromatic nitrogens is 1. The smallest absolute Gasteiger partial charge is 0.506 e. The minimum Gasteiger partial charge on any atom is -0.506 e. The zero-order chi connectivity index (χ0) is 15.5. The van der Waals surface area contributed by atoms with Crippen molar-refractivity contribution in [3.8, 4) is 11.5 Å². The Balaban J connectivity index is 2.01. The molecule has 2 aromatic rings. The molecule has 21 heavy (non-hydrogen) atoms. The van der Waals surface area contributed by atoms with Gasteiger partial charge in [-0.15, -0.1) is 13.2 Å². The van der Waals surface area contributed by atoms with Crippen molar-refractivity contribution in [2.75, 3.05) is 5.32 Å². The molecule has 1 aromatic carbocycles. The molecular formula is C13H10BrF3N2O2. The molecule has 1 heterocycles. The van der Waals surface area contributed by atoms with Crippen molar-refractivity contribution in [2.24, 2.45) is 0 Å². The lowest BCUT2D eigenvalue weighted by Crippen LogP contribution is -2.17. The van der Waals surface area contributed by atoms with Crippen LogP contribution in [0.15, 0.2) is 41.0 Å². The lowest BCUT2D eigenvalue weighted by Gasteiger charge is -2.12. The van der Waals surface area contributed by atoms with Crippen LogP contribution in [-0.4, -0.2) is 16.5 Å². The van der Waals surface area contributed by atoms with E-state index in [0.717, 1.165) is 0 Å². The van der Waals surface area contributed by atoms with E-state index in [2.05, 4.69) is 31.0 Å². The fraction of sp³-hybridized carbons (Fsp3) is 0.154. The summed E-state index contributed by atoms with van der Waals surface area (Å²) in [4.78, 5) is 3.98. The van der Waals surface area contributed by atoms with E-state index in [4.69, 9.17) is 5.11 Å². The van der Waals surface area contributed by atoms with Crippen LogP contribution in [-0.2, 0) is 6.54 Å². The molecule has 2 rings (SSSR count). The van der Waals surface area contributed by atoms with E-state index in [-0.39, 0.29) is 16.0 Å². The van der Waals surface area contributed by atoms with Crippen LogP contribution in [0.1, 0.15) is 5.69 Å². The van der Waals surface area contributed by atoms with Crippen LogP contribution in [0.2, 0.25) is 0 Å². The van der Waals surface area contributed by atoms with Crippen molar-refractivity contribution in [2.45, 2.75) is 12.9 Å². The molecule has 0 aliphatic rings. The second kappa shape index (κ2) is 6.21. The molecule has 0 saturated heterocycles. The van der Waals surface area contributed by atoms with E-state index in [1.807, 2.05) is 0 Å². The molecule has 4 nitrogen and oxygen atoms in total. The van der Waals surface area contributed by atoms with Crippen molar-refractivity contribution in [3.05, 3.63) is 46.7 Å². The van der Waals surface area contributed by atoms with Gasteiger partial charge in [0.05, 0.1) is 22.9 Å².